The van der Waals surface area contributed by atoms with E-state index in [-0.39, 0.29) is 12.6 Å². The average molecular weight is 218 g/mol. The standard InChI is InChI=1S/C12H14N2O2/c13-7-10-3-1-2-4-12(10)14-5-6-16-9-11(14)8-15/h1-4,11,15H,5-6,8-9H2. The number of anilines is 1. The summed E-state index contributed by atoms with van der Waals surface area (Å²) in [5, 5.41) is 18.3. The smallest absolute Gasteiger partial charge is 0.101 e. The molecule has 1 N–H and O–H groups in total. The van der Waals surface area contributed by atoms with Crippen molar-refractivity contribution in [1.29, 1.82) is 5.26 Å². The average Bonchev–Trinajstić information content (AvgIpc) is 2.38. The Labute approximate surface area is 94.7 Å². The van der Waals surface area contributed by atoms with E-state index in [1.165, 1.54) is 0 Å². The second-order valence-corrected chi connectivity index (χ2v) is 3.73. The van der Waals surface area contributed by atoms with Crippen LogP contribution in [0, 0.1) is 11.3 Å². The molecular weight excluding hydrogens is 204 g/mol. The van der Waals surface area contributed by atoms with Gasteiger partial charge in [0, 0.05) is 6.54 Å². The minimum Gasteiger partial charge on any atom is -0.394 e. The normalized spacial score (nSPS) is 20.5. The monoisotopic (exact) mass is 218 g/mol. The van der Waals surface area contributed by atoms with E-state index in [2.05, 4.69) is 6.07 Å². The van der Waals surface area contributed by atoms with Gasteiger partial charge in [0.05, 0.1) is 37.1 Å². The van der Waals surface area contributed by atoms with Gasteiger partial charge in [-0.25, -0.2) is 0 Å². The molecule has 0 spiro atoms. The van der Waals surface area contributed by atoms with Gasteiger partial charge in [-0.05, 0) is 12.1 Å². The van der Waals surface area contributed by atoms with Crippen LogP contribution in [0.2, 0.25) is 0 Å². The Morgan fingerprint density at radius 2 is 2.31 bits per heavy atom. The lowest BCUT2D eigenvalue weighted by Gasteiger charge is -2.36. The summed E-state index contributed by atoms with van der Waals surface area (Å²) >= 11 is 0. The number of aliphatic hydroxyl groups is 1. The fourth-order valence-electron chi connectivity index (χ4n) is 1.94. The molecule has 4 heteroatoms. The summed E-state index contributed by atoms with van der Waals surface area (Å²) in [7, 11) is 0. The van der Waals surface area contributed by atoms with E-state index in [1.54, 1.807) is 6.07 Å². The van der Waals surface area contributed by atoms with Gasteiger partial charge in [0.25, 0.3) is 0 Å². The predicted molar refractivity (Wildman–Crippen MR) is 60.2 cm³/mol. The Hall–Kier alpha value is -1.57. The number of hydrogen-bond donors (Lipinski definition) is 1. The number of ether oxygens (including phenoxy) is 1. The minimum absolute atomic E-state index is 0.0414. The minimum atomic E-state index is -0.0525. The van der Waals surface area contributed by atoms with Gasteiger partial charge >= 0.3 is 0 Å². The van der Waals surface area contributed by atoms with Crippen LogP contribution < -0.4 is 4.90 Å². The molecule has 1 fully saturated rings. The van der Waals surface area contributed by atoms with Crippen molar-refractivity contribution in [1.82, 2.24) is 0 Å². The summed E-state index contributed by atoms with van der Waals surface area (Å²) in [6.45, 7) is 1.90. The molecule has 1 aromatic carbocycles. The van der Waals surface area contributed by atoms with Crippen molar-refractivity contribution in [3.05, 3.63) is 29.8 Å². The summed E-state index contributed by atoms with van der Waals surface area (Å²) in [5.74, 6) is 0. The second kappa shape index (κ2) is 4.97. The topological polar surface area (TPSA) is 56.5 Å². The third-order valence-corrected chi connectivity index (χ3v) is 2.77. The van der Waals surface area contributed by atoms with Crippen LogP contribution in [0.5, 0.6) is 0 Å². The molecule has 1 aliphatic heterocycles. The SMILES string of the molecule is N#Cc1ccccc1N1CCOCC1CO. The maximum atomic E-state index is 9.28. The first-order chi connectivity index (χ1) is 7.86. The van der Waals surface area contributed by atoms with Gasteiger partial charge in [-0.2, -0.15) is 5.26 Å². The van der Waals surface area contributed by atoms with Crippen molar-refractivity contribution in [2.24, 2.45) is 0 Å². The van der Waals surface area contributed by atoms with E-state index in [4.69, 9.17) is 10.00 Å². The van der Waals surface area contributed by atoms with Gasteiger partial charge in [-0.1, -0.05) is 12.1 Å². The second-order valence-electron chi connectivity index (χ2n) is 3.73. The summed E-state index contributed by atoms with van der Waals surface area (Å²) in [5.41, 5.74) is 1.52. The summed E-state index contributed by atoms with van der Waals surface area (Å²) in [6.07, 6.45) is 0. The zero-order chi connectivity index (χ0) is 11.4. The van der Waals surface area contributed by atoms with Crippen molar-refractivity contribution in [3.63, 3.8) is 0 Å². The summed E-state index contributed by atoms with van der Waals surface area (Å²) < 4.78 is 5.31. The Morgan fingerprint density at radius 1 is 1.50 bits per heavy atom. The molecule has 1 atom stereocenters. The first-order valence-corrected chi connectivity index (χ1v) is 5.31. The highest BCUT2D eigenvalue weighted by Gasteiger charge is 2.23. The third kappa shape index (κ3) is 2.01. The van der Waals surface area contributed by atoms with E-state index in [9.17, 15) is 5.11 Å². The molecule has 1 unspecified atom stereocenters. The van der Waals surface area contributed by atoms with Crippen molar-refractivity contribution in [3.8, 4) is 6.07 Å². The highest BCUT2D eigenvalue weighted by Crippen LogP contribution is 2.23. The highest BCUT2D eigenvalue weighted by atomic mass is 16.5. The number of nitriles is 1. The molecule has 1 aromatic rings. The van der Waals surface area contributed by atoms with Gasteiger partial charge < -0.3 is 14.7 Å². The van der Waals surface area contributed by atoms with Gasteiger partial charge in [-0.3, -0.25) is 0 Å². The number of para-hydroxylation sites is 1. The molecule has 0 radical (unpaired) electrons. The molecule has 1 saturated heterocycles. The molecule has 1 heterocycles. The Morgan fingerprint density at radius 3 is 3.06 bits per heavy atom. The number of aliphatic hydroxyl groups excluding tert-OH is 1. The largest absolute Gasteiger partial charge is 0.394 e. The van der Waals surface area contributed by atoms with Crippen LogP contribution >= 0.6 is 0 Å². The fraction of sp³-hybridized carbons (Fsp3) is 0.417. The van der Waals surface area contributed by atoms with Crippen molar-refractivity contribution in [2.75, 3.05) is 31.3 Å². The van der Waals surface area contributed by atoms with Crippen molar-refractivity contribution < 1.29 is 9.84 Å². The lowest BCUT2D eigenvalue weighted by atomic mass is 10.1. The molecule has 84 valence electrons. The van der Waals surface area contributed by atoms with Crippen molar-refractivity contribution >= 4 is 5.69 Å². The van der Waals surface area contributed by atoms with Crippen LogP contribution in [0.3, 0.4) is 0 Å². The molecule has 0 aromatic heterocycles. The number of morpholine rings is 1. The van der Waals surface area contributed by atoms with Gasteiger partial charge in [0.15, 0.2) is 0 Å². The van der Waals surface area contributed by atoms with Crippen molar-refractivity contribution in [2.45, 2.75) is 6.04 Å². The van der Waals surface area contributed by atoms with Crippen LogP contribution in [-0.2, 0) is 4.74 Å². The molecule has 1 aliphatic rings. The highest BCUT2D eigenvalue weighted by molar-refractivity contribution is 5.60. The molecule has 4 nitrogen and oxygen atoms in total. The molecule has 2 rings (SSSR count). The fourth-order valence-corrected chi connectivity index (χ4v) is 1.94. The molecule has 0 amide bonds. The van der Waals surface area contributed by atoms with Crippen LogP contribution in [0.25, 0.3) is 0 Å². The van der Waals surface area contributed by atoms with Crippen LogP contribution in [-0.4, -0.2) is 37.5 Å². The van der Waals surface area contributed by atoms with E-state index in [0.29, 0.717) is 25.3 Å². The van der Waals surface area contributed by atoms with Gasteiger partial charge in [0.1, 0.15) is 6.07 Å². The number of hydrogen-bond acceptors (Lipinski definition) is 4. The molecule has 0 saturated carbocycles. The zero-order valence-corrected chi connectivity index (χ0v) is 8.97. The maximum Gasteiger partial charge on any atom is 0.101 e. The first-order valence-electron chi connectivity index (χ1n) is 5.31. The first kappa shape index (κ1) is 10.9. The molecule has 0 aliphatic carbocycles. The number of rotatable bonds is 2. The molecule has 16 heavy (non-hydrogen) atoms. The van der Waals surface area contributed by atoms with E-state index in [1.807, 2.05) is 23.1 Å². The molecular formula is C12H14N2O2. The quantitative estimate of drug-likeness (QED) is 0.796. The van der Waals surface area contributed by atoms with Crippen LogP contribution in [0.1, 0.15) is 5.56 Å². The van der Waals surface area contributed by atoms with Crippen LogP contribution in [0.4, 0.5) is 5.69 Å². The van der Waals surface area contributed by atoms with E-state index >= 15 is 0 Å². The Balaban J connectivity index is 2.31. The Kier molecular flexibility index (Phi) is 3.40. The Bertz CT molecular complexity index is 400. The lowest BCUT2D eigenvalue weighted by Crippen LogP contribution is -2.47. The van der Waals surface area contributed by atoms with E-state index < -0.39 is 0 Å². The third-order valence-electron chi connectivity index (χ3n) is 2.77. The van der Waals surface area contributed by atoms with Gasteiger partial charge in [-0.15, -0.1) is 0 Å². The number of benzene rings is 1. The van der Waals surface area contributed by atoms with Gasteiger partial charge in [0.2, 0.25) is 0 Å². The maximum absolute atomic E-state index is 9.28. The summed E-state index contributed by atoms with van der Waals surface area (Å²) in [6, 6.07) is 9.57. The number of nitrogens with zero attached hydrogens (tertiary/aromatic N) is 2. The van der Waals surface area contributed by atoms with Crippen LogP contribution in [0.15, 0.2) is 24.3 Å². The predicted octanol–water partition coefficient (Wildman–Crippen LogP) is 0.756. The zero-order valence-electron chi connectivity index (χ0n) is 8.97. The molecule has 0 bridgehead atoms. The lowest BCUT2D eigenvalue weighted by molar-refractivity contribution is 0.0727. The van der Waals surface area contributed by atoms with E-state index in [0.717, 1.165) is 5.69 Å². The summed E-state index contributed by atoms with van der Waals surface area (Å²) in [4.78, 5) is 2.04.